The molecular weight excluding hydrogens is 431 g/mol. The number of piperidine rings is 1. The fourth-order valence-corrected chi connectivity index (χ4v) is 5.22. The van der Waals surface area contributed by atoms with Crippen LogP contribution in [0, 0.1) is 23.4 Å². The first-order valence-corrected chi connectivity index (χ1v) is 11.4. The van der Waals surface area contributed by atoms with Gasteiger partial charge < -0.3 is 16.0 Å². The molecule has 2 aromatic rings. The Kier molecular flexibility index (Phi) is 7.02. The lowest BCUT2D eigenvalue weighted by atomic mass is 9.82. The van der Waals surface area contributed by atoms with Gasteiger partial charge in [-0.1, -0.05) is 18.2 Å². The van der Waals surface area contributed by atoms with Crippen LogP contribution in [-0.4, -0.2) is 41.4 Å². The quantitative estimate of drug-likeness (QED) is 0.622. The molecule has 2 aliphatic rings. The van der Waals surface area contributed by atoms with Gasteiger partial charge in [0.2, 0.25) is 5.91 Å². The Morgan fingerprint density at radius 3 is 2.30 bits per heavy atom. The molecule has 0 aromatic heterocycles. The molecule has 4 rings (SSSR count). The lowest BCUT2D eigenvalue weighted by molar-refractivity contribution is -0.136. The van der Waals surface area contributed by atoms with Gasteiger partial charge in [-0.25, -0.2) is 13.2 Å². The van der Waals surface area contributed by atoms with Crippen molar-refractivity contribution in [1.29, 1.82) is 0 Å². The molecular formula is C25H28F3N3O2. The number of hydrogen-bond acceptors (Lipinski definition) is 3. The van der Waals surface area contributed by atoms with Gasteiger partial charge in [0.05, 0.1) is 0 Å². The summed E-state index contributed by atoms with van der Waals surface area (Å²) in [6, 6.07) is 9.99. The Labute approximate surface area is 191 Å². The third-order valence-corrected chi connectivity index (χ3v) is 6.87. The molecule has 176 valence electrons. The first-order valence-electron chi connectivity index (χ1n) is 11.4. The number of nitrogens with two attached hydrogens (primary N) is 1. The van der Waals surface area contributed by atoms with Gasteiger partial charge in [0.25, 0.3) is 5.91 Å². The van der Waals surface area contributed by atoms with E-state index in [-0.39, 0.29) is 54.8 Å². The van der Waals surface area contributed by atoms with Crippen molar-refractivity contribution < 1.29 is 22.8 Å². The SMILES string of the molecule is N[C@H](Cc1cc(F)c(F)cc1F)[C@@H]1C[C@H]2CC[C@@H](C1)N2C(=O)CCNC(=O)c1ccccc1. The maximum Gasteiger partial charge on any atom is 0.251 e. The molecule has 0 unspecified atom stereocenters. The number of benzene rings is 2. The molecule has 2 saturated heterocycles. The van der Waals surface area contributed by atoms with Crippen molar-refractivity contribution in [2.24, 2.45) is 11.7 Å². The van der Waals surface area contributed by atoms with Crippen LogP contribution < -0.4 is 11.1 Å². The molecule has 33 heavy (non-hydrogen) atoms. The van der Waals surface area contributed by atoms with Crippen molar-refractivity contribution in [2.45, 2.75) is 56.7 Å². The number of fused-ring (bicyclic) bond motifs is 2. The highest BCUT2D eigenvalue weighted by Gasteiger charge is 2.44. The van der Waals surface area contributed by atoms with Crippen molar-refractivity contribution in [3.8, 4) is 0 Å². The van der Waals surface area contributed by atoms with Gasteiger partial charge in [0, 0.05) is 42.7 Å². The maximum absolute atomic E-state index is 14.0. The van der Waals surface area contributed by atoms with E-state index >= 15 is 0 Å². The minimum absolute atomic E-state index is 0.00883. The molecule has 2 heterocycles. The van der Waals surface area contributed by atoms with E-state index in [1.165, 1.54) is 0 Å². The normalized spacial score (nSPS) is 22.8. The van der Waals surface area contributed by atoms with Crippen LogP contribution in [0.1, 0.15) is 48.0 Å². The smallest absolute Gasteiger partial charge is 0.251 e. The monoisotopic (exact) mass is 459 g/mol. The summed E-state index contributed by atoms with van der Waals surface area (Å²) in [4.78, 5) is 27.0. The van der Waals surface area contributed by atoms with E-state index in [0.29, 0.717) is 24.5 Å². The molecule has 4 atom stereocenters. The Hall–Kier alpha value is -2.87. The molecule has 0 radical (unpaired) electrons. The van der Waals surface area contributed by atoms with Crippen molar-refractivity contribution in [3.63, 3.8) is 0 Å². The number of halogens is 3. The second-order valence-corrected chi connectivity index (χ2v) is 9.02. The Balaban J connectivity index is 1.30. The van der Waals surface area contributed by atoms with Gasteiger partial charge in [0.1, 0.15) is 5.82 Å². The Morgan fingerprint density at radius 2 is 1.64 bits per heavy atom. The minimum atomic E-state index is -1.21. The standard InChI is InChI=1S/C25H28F3N3O2/c26-20-14-22(28)21(27)12-16(20)13-23(29)17-10-18-6-7-19(11-17)31(18)24(32)8-9-30-25(33)15-4-2-1-3-5-15/h1-5,12,14,17-19,23H,6-11,13,29H2,(H,30,33)/t17-,18-,19+,23-/m1/s1. The number of carbonyl (C=O) groups is 2. The Bertz CT molecular complexity index is 1000. The molecule has 2 fully saturated rings. The molecule has 3 N–H and O–H groups in total. The van der Waals surface area contributed by atoms with Gasteiger partial charge in [-0.3, -0.25) is 9.59 Å². The van der Waals surface area contributed by atoms with E-state index in [1.807, 2.05) is 11.0 Å². The molecule has 8 heteroatoms. The number of carbonyl (C=O) groups excluding carboxylic acids is 2. The van der Waals surface area contributed by atoms with Crippen LogP contribution >= 0.6 is 0 Å². The van der Waals surface area contributed by atoms with Crippen LogP contribution in [0.4, 0.5) is 13.2 Å². The molecule has 2 amide bonds. The summed E-state index contributed by atoms with van der Waals surface area (Å²) in [5.74, 6) is -3.22. The molecule has 0 aliphatic carbocycles. The summed E-state index contributed by atoms with van der Waals surface area (Å²) in [6.07, 6.45) is 3.51. The number of nitrogens with one attached hydrogen (secondary N) is 1. The molecule has 2 aliphatic heterocycles. The van der Waals surface area contributed by atoms with E-state index in [0.717, 1.165) is 18.9 Å². The van der Waals surface area contributed by atoms with Gasteiger partial charge in [0.15, 0.2) is 11.6 Å². The van der Waals surface area contributed by atoms with E-state index in [2.05, 4.69) is 5.32 Å². The fraction of sp³-hybridized carbons (Fsp3) is 0.440. The zero-order chi connectivity index (χ0) is 23.5. The van der Waals surface area contributed by atoms with Crippen molar-refractivity contribution in [2.75, 3.05) is 6.54 Å². The zero-order valence-electron chi connectivity index (χ0n) is 18.3. The minimum Gasteiger partial charge on any atom is -0.352 e. The molecule has 2 bridgehead atoms. The summed E-state index contributed by atoms with van der Waals surface area (Å²) in [6.45, 7) is 0.265. The summed E-state index contributed by atoms with van der Waals surface area (Å²) in [5, 5.41) is 2.79. The summed E-state index contributed by atoms with van der Waals surface area (Å²) in [7, 11) is 0. The van der Waals surface area contributed by atoms with Crippen LogP contribution in [0.5, 0.6) is 0 Å². The number of amides is 2. The van der Waals surface area contributed by atoms with Crippen LogP contribution in [0.15, 0.2) is 42.5 Å². The fourth-order valence-electron chi connectivity index (χ4n) is 5.22. The first kappa shape index (κ1) is 23.3. The maximum atomic E-state index is 14.0. The molecule has 0 spiro atoms. The lowest BCUT2D eigenvalue weighted by Crippen LogP contribution is -2.50. The second-order valence-electron chi connectivity index (χ2n) is 9.02. The lowest BCUT2D eigenvalue weighted by Gasteiger charge is -2.41. The van der Waals surface area contributed by atoms with Crippen LogP contribution in [0.3, 0.4) is 0 Å². The number of rotatable bonds is 7. The third-order valence-electron chi connectivity index (χ3n) is 6.87. The van der Waals surface area contributed by atoms with E-state index in [9.17, 15) is 22.8 Å². The average molecular weight is 460 g/mol. The van der Waals surface area contributed by atoms with Crippen LogP contribution in [-0.2, 0) is 11.2 Å². The largest absolute Gasteiger partial charge is 0.352 e. The van der Waals surface area contributed by atoms with Crippen LogP contribution in [0.2, 0.25) is 0 Å². The van der Waals surface area contributed by atoms with Gasteiger partial charge in [-0.2, -0.15) is 0 Å². The average Bonchev–Trinajstić information content (AvgIpc) is 3.07. The Morgan fingerprint density at radius 1 is 1.00 bits per heavy atom. The molecule has 0 saturated carbocycles. The van der Waals surface area contributed by atoms with Gasteiger partial charge in [-0.15, -0.1) is 0 Å². The first-order chi connectivity index (χ1) is 15.8. The number of hydrogen-bond donors (Lipinski definition) is 2. The predicted octanol–water partition coefficient (Wildman–Crippen LogP) is 3.56. The van der Waals surface area contributed by atoms with Gasteiger partial charge in [-0.05, 0) is 61.8 Å². The highest BCUT2D eigenvalue weighted by molar-refractivity contribution is 5.94. The van der Waals surface area contributed by atoms with Crippen molar-refractivity contribution in [1.82, 2.24) is 10.2 Å². The zero-order valence-corrected chi connectivity index (χ0v) is 18.3. The summed E-state index contributed by atoms with van der Waals surface area (Å²) in [5.41, 5.74) is 6.97. The molecule has 5 nitrogen and oxygen atoms in total. The van der Waals surface area contributed by atoms with E-state index in [1.54, 1.807) is 24.3 Å². The van der Waals surface area contributed by atoms with Crippen molar-refractivity contribution in [3.05, 3.63) is 71.0 Å². The van der Waals surface area contributed by atoms with E-state index < -0.39 is 23.5 Å². The third kappa shape index (κ3) is 5.21. The van der Waals surface area contributed by atoms with Crippen LogP contribution in [0.25, 0.3) is 0 Å². The van der Waals surface area contributed by atoms with Crippen molar-refractivity contribution >= 4 is 11.8 Å². The topological polar surface area (TPSA) is 75.4 Å². The highest BCUT2D eigenvalue weighted by atomic mass is 19.2. The second kappa shape index (κ2) is 9.95. The van der Waals surface area contributed by atoms with E-state index in [4.69, 9.17) is 5.73 Å². The predicted molar refractivity (Wildman–Crippen MR) is 118 cm³/mol. The van der Waals surface area contributed by atoms with Gasteiger partial charge >= 0.3 is 0 Å². The highest BCUT2D eigenvalue weighted by Crippen LogP contribution is 2.40. The summed E-state index contributed by atoms with van der Waals surface area (Å²) >= 11 is 0. The number of nitrogens with zero attached hydrogens (tertiary/aromatic N) is 1. The molecule has 2 aromatic carbocycles. The summed E-state index contributed by atoms with van der Waals surface area (Å²) < 4.78 is 40.7.